The van der Waals surface area contributed by atoms with Crippen molar-refractivity contribution in [2.75, 3.05) is 26.7 Å². The summed E-state index contributed by atoms with van der Waals surface area (Å²) in [7, 11) is 1.39. The summed E-state index contributed by atoms with van der Waals surface area (Å²) in [4.78, 5) is 21.5. The number of halogens is 3. The van der Waals surface area contributed by atoms with Crippen molar-refractivity contribution in [1.82, 2.24) is 16.0 Å². The van der Waals surface area contributed by atoms with Gasteiger partial charge in [-0.3, -0.25) is 9.59 Å². The van der Waals surface area contributed by atoms with Crippen molar-refractivity contribution in [2.45, 2.75) is 6.18 Å². The highest BCUT2D eigenvalue weighted by Gasteiger charge is 2.26. The van der Waals surface area contributed by atoms with Crippen LogP contribution >= 0.6 is 0 Å². The van der Waals surface area contributed by atoms with E-state index in [0.29, 0.717) is 0 Å². The van der Waals surface area contributed by atoms with Gasteiger partial charge in [-0.1, -0.05) is 0 Å². The van der Waals surface area contributed by atoms with Crippen molar-refractivity contribution in [3.05, 3.63) is 0 Å². The molecule has 0 aromatic heterocycles. The Morgan fingerprint density at radius 1 is 1.13 bits per heavy atom. The van der Waals surface area contributed by atoms with Crippen LogP contribution in [0.25, 0.3) is 0 Å². The van der Waals surface area contributed by atoms with Crippen LogP contribution in [-0.4, -0.2) is 44.7 Å². The molecule has 15 heavy (non-hydrogen) atoms. The normalized spacial score (nSPS) is 10.9. The smallest absolute Gasteiger partial charge is 0.358 e. The average Bonchev–Trinajstić information content (AvgIpc) is 2.12. The second kappa shape index (κ2) is 6.23. The molecule has 2 amide bonds. The summed E-state index contributed by atoms with van der Waals surface area (Å²) in [5.41, 5.74) is 0. The van der Waals surface area contributed by atoms with Crippen LogP contribution in [0.1, 0.15) is 0 Å². The molecule has 0 aliphatic rings. The maximum Gasteiger partial charge on any atom is 0.401 e. The van der Waals surface area contributed by atoms with E-state index in [-0.39, 0.29) is 6.54 Å². The third-order valence-electron chi connectivity index (χ3n) is 1.34. The standard InChI is InChI=1S/C7H12F3N3O2/c1-11-5(14)3-13-6(15)2-12-4-7(8,9)10/h12H,2-4H2,1H3,(H,11,14)(H,13,15). The van der Waals surface area contributed by atoms with Gasteiger partial charge in [0.1, 0.15) is 0 Å². The molecule has 88 valence electrons. The van der Waals surface area contributed by atoms with Gasteiger partial charge in [-0.15, -0.1) is 0 Å². The van der Waals surface area contributed by atoms with E-state index in [4.69, 9.17) is 0 Å². The van der Waals surface area contributed by atoms with Gasteiger partial charge in [0, 0.05) is 7.05 Å². The molecule has 0 aliphatic carbocycles. The zero-order chi connectivity index (χ0) is 11.9. The highest BCUT2D eigenvalue weighted by Crippen LogP contribution is 2.11. The molecule has 0 heterocycles. The Balaban J connectivity index is 3.54. The molecule has 5 nitrogen and oxygen atoms in total. The minimum atomic E-state index is -4.35. The molecule has 0 spiro atoms. The summed E-state index contributed by atoms with van der Waals surface area (Å²) in [6.45, 7) is -1.96. The van der Waals surface area contributed by atoms with Crippen LogP contribution in [0.3, 0.4) is 0 Å². The van der Waals surface area contributed by atoms with Crippen molar-refractivity contribution in [3.8, 4) is 0 Å². The Hall–Kier alpha value is -1.31. The number of rotatable bonds is 5. The van der Waals surface area contributed by atoms with Gasteiger partial charge >= 0.3 is 6.18 Å². The third-order valence-corrected chi connectivity index (χ3v) is 1.34. The molecule has 0 aromatic rings. The molecule has 0 aliphatic heterocycles. The number of hydrogen-bond donors (Lipinski definition) is 3. The van der Waals surface area contributed by atoms with Crippen LogP contribution in [0.15, 0.2) is 0 Å². The molecule has 0 bridgehead atoms. The van der Waals surface area contributed by atoms with Gasteiger partial charge in [0.25, 0.3) is 0 Å². The van der Waals surface area contributed by atoms with Gasteiger partial charge in [0.05, 0.1) is 19.6 Å². The van der Waals surface area contributed by atoms with Gasteiger partial charge in [-0.2, -0.15) is 13.2 Å². The number of nitrogens with one attached hydrogen (secondary N) is 3. The molecule has 0 rings (SSSR count). The van der Waals surface area contributed by atoms with Gasteiger partial charge in [0.15, 0.2) is 0 Å². The van der Waals surface area contributed by atoms with Crippen molar-refractivity contribution in [3.63, 3.8) is 0 Å². The molecule has 0 unspecified atom stereocenters. The number of amides is 2. The first-order valence-electron chi connectivity index (χ1n) is 4.10. The summed E-state index contributed by atoms with van der Waals surface area (Å²) in [6.07, 6.45) is -4.35. The Morgan fingerprint density at radius 3 is 2.20 bits per heavy atom. The molecule has 0 aromatic carbocycles. The van der Waals surface area contributed by atoms with Crippen molar-refractivity contribution in [2.24, 2.45) is 0 Å². The summed E-state index contributed by atoms with van der Waals surface area (Å²) >= 11 is 0. The molecular formula is C7H12F3N3O2. The van der Waals surface area contributed by atoms with E-state index in [9.17, 15) is 22.8 Å². The summed E-state index contributed by atoms with van der Waals surface area (Å²) in [5, 5.41) is 6.28. The van der Waals surface area contributed by atoms with E-state index >= 15 is 0 Å². The average molecular weight is 227 g/mol. The first-order valence-corrected chi connectivity index (χ1v) is 4.10. The Labute approximate surface area is 84.4 Å². The van der Waals surface area contributed by atoms with Crippen molar-refractivity contribution in [1.29, 1.82) is 0 Å². The van der Waals surface area contributed by atoms with E-state index in [1.807, 2.05) is 5.32 Å². The minimum Gasteiger partial charge on any atom is -0.358 e. The molecular weight excluding hydrogens is 215 g/mol. The van der Waals surface area contributed by atoms with Crippen molar-refractivity contribution < 1.29 is 22.8 Å². The third kappa shape index (κ3) is 9.01. The van der Waals surface area contributed by atoms with E-state index in [2.05, 4.69) is 10.6 Å². The largest absolute Gasteiger partial charge is 0.401 e. The molecule has 0 radical (unpaired) electrons. The topological polar surface area (TPSA) is 70.2 Å². The Morgan fingerprint density at radius 2 is 1.73 bits per heavy atom. The fraction of sp³-hybridized carbons (Fsp3) is 0.714. The SMILES string of the molecule is CNC(=O)CNC(=O)CNCC(F)(F)F. The first-order chi connectivity index (χ1) is 6.85. The highest BCUT2D eigenvalue weighted by molar-refractivity contribution is 5.85. The quantitative estimate of drug-likeness (QED) is 0.564. The van der Waals surface area contributed by atoms with E-state index in [1.165, 1.54) is 7.05 Å². The van der Waals surface area contributed by atoms with Crippen LogP contribution in [0, 0.1) is 0 Å². The van der Waals surface area contributed by atoms with E-state index in [0.717, 1.165) is 0 Å². The van der Waals surface area contributed by atoms with Crippen molar-refractivity contribution >= 4 is 11.8 Å². The molecule has 0 saturated carbocycles. The second-order valence-electron chi connectivity index (χ2n) is 2.67. The number of alkyl halides is 3. The first kappa shape index (κ1) is 13.7. The van der Waals surface area contributed by atoms with E-state index < -0.39 is 31.1 Å². The molecule has 8 heteroatoms. The second-order valence-corrected chi connectivity index (χ2v) is 2.67. The fourth-order valence-electron chi connectivity index (χ4n) is 0.648. The zero-order valence-corrected chi connectivity index (χ0v) is 8.07. The predicted molar refractivity (Wildman–Crippen MR) is 46.0 cm³/mol. The van der Waals surface area contributed by atoms with E-state index in [1.54, 1.807) is 0 Å². The summed E-state index contributed by atoms with van der Waals surface area (Å²) in [5.74, 6) is -1.08. The number of carbonyl (C=O) groups is 2. The van der Waals surface area contributed by atoms with Gasteiger partial charge in [-0.05, 0) is 0 Å². The lowest BCUT2D eigenvalue weighted by molar-refractivity contribution is -0.130. The molecule has 0 atom stereocenters. The lowest BCUT2D eigenvalue weighted by Crippen LogP contribution is -2.41. The summed E-state index contributed by atoms with van der Waals surface area (Å²) < 4.78 is 34.8. The lowest BCUT2D eigenvalue weighted by Gasteiger charge is -2.08. The Kier molecular flexibility index (Phi) is 5.68. The predicted octanol–water partition coefficient (Wildman–Crippen LogP) is -1.000. The lowest BCUT2D eigenvalue weighted by atomic mass is 10.5. The highest BCUT2D eigenvalue weighted by atomic mass is 19.4. The maximum atomic E-state index is 11.6. The Bertz CT molecular complexity index is 230. The van der Waals surface area contributed by atoms with Crippen LogP contribution in [0.5, 0.6) is 0 Å². The van der Waals surface area contributed by atoms with Crippen LogP contribution in [-0.2, 0) is 9.59 Å². The zero-order valence-electron chi connectivity index (χ0n) is 8.07. The monoisotopic (exact) mass is 227 g/mol. The number of carbonyl (C=O) groups excluding carboxylic acids is 2. The van der Waals surface area contributed by atoms with Gasteiger partial charge in [-0.25, -0.2) is 0 Å². The van der Waals surface area contributed by atoms with Crippen LogP contribution in [0.4, 0.5) is 13.2 Å². The van der Waals surface area contributed by atoms with Crippen LogP contribution < -0.4 is 16.0 Å². The molecule has 0 fully saturated rings. The minimum absolute atomic E-state index is 0.247. The fourth-order valence-corrected chi connectivity index (χ4v) is 0.648. The maximum absolute atomic E-state index is 11.6. The molecule has 0 saturated heterocycles. The number of hydrogen-bond acceptors (Lipinski definition) is 3. The molecule has 3 N–H and O–H groups in total. The van der Waals surface area contributed by atoms with Gasteiger partial charge in [0.2, 0.25) is 11.8 Å². The summed E-state index contributed by atoms with van der Waals surface area (Å²) in [6, 6.07) is 0. The van der Waals surface area contributed by atoms with Crippen LogP contribution in [0.2, 0.25) is 0 Å². The number of likely N-dealkylation sites (N-methyl/N-ethyl adjacent to an activating group) is 1. The van der Waals surface area contributed by atoms with Gasteiger partial charge < -0.3 is 16.0 Å².